The summed E-state index contributed by atoms with van der Waals surface area (Å²) in [4.78, 5) is 24.0. The van der Waals surface area contributed by atoms with Gasteiger partial charge in [-0.2, -0.15) is 0 Å². The zero-order valence-corrected chi connectivity index (χ0v) is 16.3. The molecule has 0 saturated heterocycles. The summed E-state index contributed by atoms with van der Waals surface area (Å²) in [7, 11) is 0. The fourth-order valence-electron chi connectivity index (χ4n) is 3.38. The first-order valence-electron chi connectivity index (χ1n) is 9.07. The van der Waals surface area contributed by atoms with E-state index < -0.39 is 29.4 Å². The lowest BCUT2D eigenvalue weighted by atomic mass is 9.72. The van der Waals surface area contributed by atoms with Gasteiger partial charge < -0.3 is 21.7 Å². The summed E-state index contributed by atoms with van der Waals surface area (Å²) in [6.07, 6.45) is -0.0358. The summed E-state index contributed by atoms with van der Waals surface area (Å²) in [5.74, 6) is 8.20. The Morgan fingerprint density at radius 1 is 1.34 bits per heavy atom. The molecule has 0 aromatic heterocycles. The minimum Gasteiger partial charge on any atom is -0.396 e. The van der Waals surface area contributed by atoms with Crippen LogP contribution in [0.3, 0.4) is 0 Å². The van der Waals surface area contributed by atoms with Crippen LogP contribution in [0.5, 0.6) is 0 Å². The quantitative estimate of drug-likeness (QED) is 0.221. The summed E-state index contributed by atoms with van der Waals surface area (Å²) in [6.45, 7) is 3.05. The number of nitrogens with two attached hydrogens (primary N) is 2. The zero-order chi connectivity index (χ0) is 21.8. The molecular formula is C21H25N3O5. The lowest BCUT2D eigenvalue weighted by Gasteiger charge is -2.37. The van der Waals surface area contributed by atoms with Gasteiger partial charge in [0.1, 0.15) is 0 Å². The van der Waals surface area contributed by atoms with E-state index in [0.717, 1.165) is 0 Å². The molecule has 4 atom stereocenters. The normalized spacial score (nSPS) is 21.5. The van der Waals surface area contributed by atoms with Crippen LogP contribution < -0.4 is 16.9 Å². The number of hydroxylamine groups is 1. The van der Waals surface area contributed by atoms with Crippen LogP contribution >= 0.6 is 0 Å². The number of primary amides is 1. The van der Waals surface area contributed by atoms with Gasteiger partial charge in [-0.1, -0.05) is 11.8 Å². The van der Waals surface area contributed by atoms with E-state index in [0.29, 0.717) is 12.0 Å². The fraction of sp³-hybridized carbons (Fsp3) is 0.429. The molecule has 1 aliphatic rings. The third-order valence-electron chi connectivity index (χ3n) is 4.99. The Labute approximate surface area is 169 Å². The maximum absolute atomic E-state index is 12.2. The molecule has 8 N–H and O–H groups in total. The van der Waals surface area contributed by atoms with E-state index in [1.807, 2.05) is 0 Å². The number of nitrogens with one attached hydrogen (secondary N) is 1. The number of hydrogen-bond donors (Lipinski definition) is 6. The molecule has 1 fully saturated rings. The summed E-state index contributed by atoms with van der Waals surface area (Å²) in [6, 6.07) is 4.54. The second-order valence-corrected chi connectivity index (χ2v) is 7.67. The van der Waals surface area contributed by atoms with Gasteiger partial charge >= 0.3 is 0 Å². The molecule has 2 rings (SSSR count). The van der Waals surface area contributed by atoms with E-state index in [9.17, 15) is 19.8 Å². The fourth-order valence-corrected chi connectivity index (χ4v) is 3.38. The maximum Gasteiger partial charge on any atom is 0.252 e. The van der Waals surface area contributed by atoms with Crippen molar-refractivity contribution in [1.29, 1.82) is 0 Å². The van der Waals surface area contributed by atoms with E-state index in [4.69, 9.17) is 16.7 Å². The third kappa shape index (κ3) is 5.14. The van der Waals surface area contributed by atoms with Crippen LogP contribution in [0.2, 0.25) is 0 Å². The molecule has 0 aliphatic heterocycles. The molecule has 0 spiro atoms. The number of aliphatic hydroxyl groups is 2. The van der Waals surface area contributed by atoms with E-state index in [2.05, 4.69) is 23.7 Å². The molecule has 8 heteroatoms. The van der Waals surface area contributed by atoms with Gasteiger partial charge in [-0.15, -0.1) is 0 Å². The van der Waals surface area contributed by atoms with Gasteiger partial charge in [0, 0.05) is 35.1 Å². The first kappa shape index (κ1) is 22.4. The van der Waals surface area contributed by atoms with Crippen LogP contribution in [0.25, 0.3) is 0 Å². The van der Waals surface area contributed by atoms with Crippen molar-refractivity contribution < 1.29 is 25.0 Å². The van der Waals surface area contributed by atoms with Crippen LogP contribution in [0.1, 0.15) is 47.7 Å². The highest BCUT2D eigenvalue weighted by Crippen LogP contribution is 2.33. The van der Waals surface area contributed by atoms with Crippen molar-refractivity contribution in [2.75, 3.05) is 6.61 Å². The van der Waals surface area contributed by atoms with Gasteiger partial charge in [-0.25, -0.2) is 5.48 Å². The van der Waals surface area contributed by atoms with Crippen molar-refractivity contribution in [3.8, 4) is 23.7 Å². The number of benzene rings is 1. The number of aliphatic hydroxyl groups excluding tert-OH is 2. The van der Waals surface area contributed by atoms with Crippen LogP contribution in [-0.2, 0) is 4.79 Å². The molecule has 1 aromatic rings. The van der Waals surface area contributed by atoms with Crippen molar-refractivity contribution in [3.05, 3.63) is 34.9 Å². The molecule has 8 nitrogen and oxygen atoms in total. The summed E-state index contributed by atoms with van der Waals surface area (Å²) in [5.41, 5.74) is 12.8. The lowest BCUT2D eigenvalue weighted by molar-refractivity contribution is -0.132. The predicted molar refractivity (Wildman–Crippen MR) is 105 cm³/mol. The van der Waals surface area contributed by atoms with E-state index in [1.165, 1.54) is 12.1 Å². The maximum atomic E-state index is 12.2. The van der Waals surface area contributed by atoms with E-state index in [-0.39, 0.29) is 29.6 Å². The molecule has 154 valence electrons. The molecule has 0 heterocycles. The van der Waals surface area contributed by atoms with Crippen LogP contribution in [0.4, 0.5) is 0 Å². The Morgan fingerprint density at radius 2 is 2.03 bits per heavy atom. The molecule has 1 saturated carbocycles. The van der Waals surface area contributed by atoms with E-state index >= 15 is 0 Å². The highest BCUT2D eigenvalue weighted by Gasteiger charge is 2.38. The SMILES string of the molecule is CC(C)(N)[C@@H](C(=O)NO)c1cc(C#CC#C[C@H]2C[C@@H](O)[C@@H]2CO)ccc1C(N)=O. The minimum absolute atomic E-state index is 0.100. The van der Waals surface area contributed by atoms with Gasteiger partial charge in [-0.05, 0) is 55.9 Å². The highest BCUT2D eigenvalue weighted by molar-refractivity contribution is 5.97. The highest BCUT2D eigenvalue weighted by atomic mass is 16.5. The molecule has 1 aliphatic carbocycles. The molecule has 29 heavy (non-hydrogen) atoms. The zero-order valence-electron chi connectivity index (χ0n) is 16.3. The monoisotopic (exact) mass is 399 g/mol. The number of carbonyl (C=O) groups excluding carboxylic acids is 2. The second kappa shape index (κ2) is 9.08. The Morgan fingerprint density at radius 3 is 2.55 bits per heavy atom. The third-order valence-corrected chi connectivity index (χ3v) is 4.99. The number of amides is 2. The summed E-state index contributed by atoms with van der Waals surface area (Å²) < 4.78 is 0. The number of hydrogen-bond acceptors (Lipinski definition) is 6. The van der Waals surface area contributed by atoms with Crippen LogP contribution in [-0.4, -0.2) is 45.5 Å². The smallest absolute Gasteiger partial charge is 0.252 e. The van der Waals surface area contributed by atoms with Gasteiger partial charge in [0.2, 0.25) is 5.91 Å². The first-order chi connectivity index (χ1) is 13.6. The Hall–Kier alpha value is -2.88. The Kier molecular flexibility index (Phi) is 7.02. The molecular weight excluding hydrogens is 374 g/mol. The van der Waals surface area contributed by atoms with Crippen LogP contribution in [0, 0.1) is 35.5 Å². The molecule has 0 radical (unpaired) electrons. The van der Waals surface area contributed by atoms with Crippen molar-refractivity contribution in [2.24, 2.45) is 23.3 Å². The minimum atomic E-state index is -1.10. The topological polar surface area (TPSA) is 159 Å². The predicted octanol–water partition coefficient (Wildman–Crippen LogP) is -0.544. The van der Waals surface area contributed by atoms with Gasteiger partial charge in [0.15, 0.2) is 0 Å². The van der Waals surface area contributed by atoms with Crippen LogP contribution in [0.15, 0.2) is 18.2 Å². The van der Waals surface area contributed by atoms with Gasteiger partial charge in [0.05, 0.1) is 12.0 Å². The number of carbonyl (C=O) groups is 2. The van der Waals surface area contributed by atoms with E-state index in [1.54, 1.807) is 25.4 Å². The van der Waals surface area contributed by atoms with Crippen molar-refractivity contribution in [1.82, 2.24) is 5.48 Å². The number of rotatable bonds is 5. The lowest BCUT2D eigenvalue weighted by Crippen LogP contribution is -2.47. The van der Waals surface area contributed by atoms with Gasteiger partial charge in [-0.3, -0.25) is 14.8 Å². The molecule has 1 aromatic carbocycles. The second-order valence-electron chi connectivity index (χ2n) is 7.67. The Bertz CT molecular complexity index is 914. The van der Waals surface area contributed by atoms with Crippen molar-refractivity contribution >= 4 is 11.8 Å². The summed E-state index contributed by atoms with van der Waals surface area (Å²) >= 11 is 0. The standard InChI is InChI=1S/C21H25N3O5/c1-21(2,23)18(20(28)24-29)15-9-12(7-8-14(15)19(22)27)5-3-4-6-13-10-17(26)16(13)11-25/h7-9,13,16-18,25-26,29H,10-11,23H2,1-2H3,(H2,22,27)(H,24,28)/t13-,16+,17+,18+/m0/s1. The first-order valence-corrected chi connectivity index (χ1v) is 9.07. The van der Waals surface area contributed by atoms with Crippen molar-refractivity contribution in [2.45, 2.75) is 37.8 Å². The Balaban J connectivity index is 2.37. The average Bonchev–Trinajstić information content (AvgIpc) is 2.63. The molecule has 0 bridgehead atoms. The largest absolute Gasteiger partial charge is 0.396 e. The van der Waals surface area contributed by atoms with Crippen molar-refractivity contribution in [3.63, 3.8) is 0 Å². The summed E-state index contributed by atoms with van der Waals surface area (Å²) in [5, 5.41) is 27.8. The average molecular weight is 399 g/mol. The molecule has 0 unspecified atom stereocenters. The van der Waals surface area contributed by atoms with Gasteiger partial charge in [0.25, 0.3) is 5.91 Å². The molecule has 2 amide bonds.